The molecule has 18 heavy (non-hydrogen) atoms. The lowest BCUT2D eigenvalue weighted by molar-refractivity contribution is 0.355. The number of nitrogens with one attached hydrogen (secondary N) is 1. The van der Waals surface area contributed by atoms with E-state index in [-0.39, 0.29) is 0 Å². The fourth-order valence-electron chi connectivity index (χ4n) is 1.59. The van der Waals surface area contributed by atoms with Crippen LogP contribution in [0.1, 0.15) is 0 Å². The molecule has 0 amide bonds. The van der Waals surface area contributed by atoms with Gasteiger partial charge in [0.2, 0.25) is 0 Å². The van der Waals surface area contributed by atoms with Crippen LogP contribution in [0.15, 0.2) is 42.5 Å². The third-order valence-electron chi connectivity index (χ3n) is 2.23. The third kappa shape index (κ3) is 3.13. The molecule has 0 bridgehead atoms. The number of rotatable bonds is 4. The highest BCUT2D eigenvalue weighted by molar-refractivity contribution is 7.60. The average Bonchev–Trinajstić information content (AvgIpc) is 2.27. The molecule has 0 saturated heterocycles. The fraction of sp³-hybridized carbons (Fsp3) is 0. The zero-order chi connectivity index (χ0) is 13.2. The van der Waals surface area contributed by atoms with E-state index in [1.165, 1.54) is 0 Å². The predicted molar refractivity (Wildman–Crippen MR) is 68.3 cm³/mol. The Morgan fingerprint density at radius 1 is 1.17 bits per heavy atom. The molecule has 6 nitrogen and oxygen atoms in total. The summed E-state index contributed by atoms with van der Waals surface area (Å²) in [5.41, 5.74) is 0.357. The first kappa shape index (κ1) is 13.1. The van der Waals surface area contributed by atoms with Crippen LogP contribution in [0.3, 0.4) is 0 Å². The second-order valence-corrected chi connectivity index (χ2v) is 5.87. The van der Waals surface area contributed by atoms with Gasteiger partial charge in [0.05, 0.1) is 5.69 Å². The van der Waals surface area contributed by atoms with Crippen molar-refractivity contribution in [2.24, 2.45) is 0 Å². The van der Waals surface area contributed by atoms with Crippen molar-refractivity contribution in [2.45, 2.75) is 0 Å². The topological polar surface area (TPSA) is 95.9 Å². The molecular formula is C10H10NO5P2+. The van der Waals surface area contributed by atoms with Crippen LogP contribution in [0.25, 0.3) is 10.8 Å². The highest BCUT2D eigenvalue weighted by Crippen LogP contribution is 2.50. The zero-order valence-electron chi connectivity index (χ0n) is 9.06. The first-order chi connectivity index (χ1) is 8.48. The second kappa shape index (κ2) is 5.14. The summed E-state index contributed by atoms with van der Waals surface area (Å²) in [5, 5.41) is 3.82. The third-order valence-corrected chi connectivity index (χ3v) is 4.20. The van der Waals surface area contributed by atoms with Gasteiger partial charge in [-0.25, -0.2) is 4.57 Å². The van der Waals surface area contributed by atoms with Gasteiger partial charge in [-0.05, 0) is 15.8 Å². The summed E-state index contributed by atoms with van der Waals surface area (Å²) in [6.07, 6.45) is 0. The van der Waals surface area contributed by atoms with Gasteiger partial charge in [-0.1, -0.05) is 36.4 Å². The van der Waals surface area contributed by atoms with Crippen molar-refractivity contribution in [2.75, 3.05) is 5.09 Å². The van der Waals surface area contributed by atoms with E-state index in [4.69, 9.17) is 4.89 Å². The molecule has 2 aromatic rings. The molecule has 94 valence electrons. The molecule has 0 radical (unpaired) electrons. The van der Waals surface area contributed by atoms with Crippen LogP contribution >= 0.6 is 16.0 Å². The van der Waals surface area contributed by atoms with Crippen LogP contribution in [0.5, 0.6) is 0 Å². The molecule has 8 heteroatoms. The Morgan fingerprint density at radius 2 is 1.83 bits per heavy atom. The molecule has 2 atom stereocenters. The Balaban J connectivity index is 2.38. The molecule has 2 rings (SSSR count). The molecule has 0 saturated carbocycles. The van der Waals surface area contributed by atoms with Crippen LogP contribution in [-0.4, -0.2) is 9.79 Å². The Bertz CT molecular complexity index is 640. The van der Waals surface area contributed by atoms with Crippen LogP contribution < -0.4 is 5.09 Å². The van der Waals surface area contributed by atoms with Crippen molar-refractivity contribution in [1.29, 1.82) is 0 Å². The van der Waals surface area contributed by atoms with E-state index < -0.39 is 16.0 Å². The van der Waals surface area contributed by atoms with E-state index in [9.17, 15) is 14.0 Å². The van der Waals surface area contributed by atoms with Gasteiger partial charge in [0.25, 0.3) is 0 Å². The monoisotopic (exact) mass is 286 g/mol. The van der Waals surface area contributed by atoms with Gasteiger partial charge in [-0.15, -0.1) is 4.89 Å². The number of hydrogen-bond acceptors (Lipinski definition) is 3. The Kier molecular flexibility index (Phi) is 3.76. The molecule has 0 spiro atoms. The standard InChI is InChI=1S/C10H9NO5P2/c12-17(13)16-18(14,15)11-10-7-3-5-8-4-1-2-6-9(8)10/h1-7H,(H2-,11,12,13,14,15)/p+1. The van der Waals surface area contributed by atoms with Crippen LogP contribution in [0, 0.1) is 0 Å². The van der Waals surface area contributed by atoms with Gasteiger partial charge in [0.1, 0.15) is 0 Å². The minimum absolute atomic E-state index is 0.357. The van der Waals surface area contributed by atoms with E-state index in [0.717, 1.165) is 5.39 Å². The van der Waals surface area contributed by atoms with E-state index in [1.807, 2.05) is 18.2 Å². The molecule has 3 N–H and O–H groups in total. The summed E-state index contributed by atoms with van der Waals surface area (Å²) in [6.45, 7) is 0. The predicted octanol–water partition coefficient (Wildman–Crippen LogP) is 3.02. The molecule has 0 aliphatic heterocycles. The van der Waals surface area contributed by atoms with Gasteiger partial charge in [-0.3, -0.25) is 5.09 Å². The lowest BCUT2D eigenvalue weighted by Gasteiger charge is -2.10. The van der Waals surface area contributed by atoms with Crippen LogP contribution in [-0.2, 0) is 13.4 Å². The Labute approximate surface area is 104 Å². The van der Waals surface area contributed by atoms with Crippen molar-refractivity contribution in [3.8, 4) is 0 Å². The minimum atomic E-state index is -4.36. The molecule has 0 aliphatic rings. The van der Waals surface area contributed by atoms with Gasteiger partial charge >= 0.3 is 16.0 Å². The van der Waals surface area contributed by atoms with Gasteiger partial charge in [0.15, 0.2) is 0 Å². The SMILES string of the molecule is O=[P+](O)OP(=O)(O)Nc1cccc2ccccc12. The molecule has 0 aliphatic carbocycles. The number of anilines is 1. The zero-order valence-corrected chi connectivity index (χ0v) is 10.8. The number of fused-ring (bicyclic) bond motifs is 1. The summed E-state index contributed by atoms with van der Waals surface area (Å²) in [4.78, 5) is 17.9. The van der Waals surface area contributed by atoms with E-state index in [2.05, 4.69) is 9.40 Å². The minimum Gasteiger partial charge on any atom is -0.305 e. The lowest BCUT2D eigenvalue weighted by atomic mass is 10.1. The summed E-state index contributed by atoms with van der Waals surface area (Å²) in [7, 11) is -7.51. The normalized spacial score (nSPS) is 15.1. The van der Waals surface area contributed by atoms with Crippen molar-refractivity contribution < 1.29 is 23.2 Å². The van der Waals surface area contributed by atoms with Gasteiger partial charge < -0.3 is 4.89 Å². The molecule has 2 unspecified atom stereocenters. The first-order valence-electron chi connectivity index (χ1n) is 4.93. The molecule has 0 fully saturated rings. The highest BCUT2D eigenvalue weighted by Gasteiger charge is 2.33. The average molecular weight is 286 g/mol. The van der Waals surface area contributed by atoms with Crippen molar-refractivity contribution in [1.82, 2.24) is 0 Å². The van der Waals surface area contributed by atoms with E-state index in [0.29, 0.717) is 11.1 Å². The number of hydrogen-bond donors (Lipinski definition) is 3. The molecule has 0 aromatic heterocycles. The smallest absolute Gasteiger partial charge is 0.305 e. The molecule has 2 aromatic carbocycles. The van der Waals surface area contributed by atoms with Crippen LogP contribution in [0.2, 0.25) is 0 Å². The fourth-order valence-corrected chi connectivity index (χ4v) is 3.01. The maximum atomic E-state index is 11.5. The molecular weight excluding hydrogens is 276 g/mol. The number of benzene rings is 2. The maximum Gasteiger partial charge on any atom is 0.705 e. The highest BCUT2D eigenvalue weighted by atomic mass is 31.2. The van der Waals surface area contributed by atoms with Crippen LogP contribution in [0.4, 0.5) is 5.69 Å². The summed E-state index contributed by atoms with van der Waals surface area (Å²) >= 11 is 0. The lowest BCUT2D eigenvalue weighted by Crippen LogP contribution is -1.97. The Hall–Kier alpha value is -1.29. The summed E-state index contributed by atoms with van der Waals surface area (Å²) < 4.78 is 26.0. The maximum absolute atomic E-state index is 11.5. The van der Waals surface area contributed by atoms with Crippen molar-refractivity contribution >= 4 is 32.5 Å². The largest absolute Gasteiger partial charge is 0.705 e. The Morgan fingerprint density at radius 3 is 2.56 bits per heavy atom. The molecule has 0 heterocycles. The quantitative estimate of drug-likeness (QED) is 0.748. The van der Waals surface area contributed by atoms with Crippen molar-refractivity contribution in [3.63, 3.8) is 0 Å². The summed E-state index contributed by atoms with van der Waals surface area (Å²) in [6, 6.07) is 12.3. The van der Waals surface area contributed by atoms with Gasteiger partial charge in [-0.2, -0.15) is 0 Å². The van der Waals surface area contributed by atoms with Crippen molar-refractivity contribution in [3.05, 3.63) is 42.5 Å². The van der Waals surface area contributed by atoms with E-state index in [1.54, 1.807) is 24.3 Å². The second-order valence-electron chi connectivity index (χ2n) is 3.48. The van der Waals surface area contributed by atoms with Gasteiger partial charge in [0, 0.05) is 9.95 Å². The van der Waals surface area contributed by atoms with E-state index >= 15 is 0 Å². The summed E-state index contributed by atoms with van der Waals surface area (Å²) in [5.74, 6) is 0. The first-order valence-corrected chi connectivity index (χ1v) is 7.63.